The van der Waals surface area contributed by atoms with E-state index in [1.165, 1.54) is 0 Å². The average molecular weight is 145 g/mol. The van der Waals surface area contributed by atoms with Crippen LogP contribution in [0.1, 0.15) is 20.3 Å². The zero-order valence-corrected chi connectivity index (χ0v) is 6.42. The van der Waals surface area contributed by atoms with E-state index in [1.54, 1.807) is 6.92 Å². The van der Waals surface area contributed by atoms with Gasteiger partial charge in [-0.1, -0.05) is 6.92 Å². The maximum atomic E-state index is 10.5. The fourth-order valence-corrected chi connectivity index (χ4v) is 0.384. The number of ether oxygens (including phenoxy) is 2. The lowest BCUT2D eigenvalue weighted by Gasteiger charge is -2.06. The molecule has 0 aromatic carbocycles. The smallest absolute Gasteiger partial charge is 0.434 e. The van der Waals surface area contributed by atoms with Gasteiger partial charge < -0.3 is 9.47 Å². The Morgan fingerprint density at radius 2 is 2.30 bits per heavy atom. The molecule has 0 rings (SSSR count). The average Bonchev–Trinajstić information content (AvgIpc) is 1.82. The highest BCUT2D eigenvalue weighted by atomic mass is 16.7. The van der Waals surface area contributed by atoms with Crippen molar-refractivity contribution in [1.29, 1.82) is 0 Å². The third-order valence-electron chi connectivity index (χ3n) is 0.721. The molecule has 0 aliphatic rings. The minimum atomic E-state index is -0.635. The van der Waals surface area contributed by atoms with Crippen molar-refractivity contribution >= 4 is 6.16 Å². The Morgan fingerprint density at radius 3 is 2.70 bits per heavy atom. The predicted octanol–water partition coefficient (Wildman–Crippen LogP) is 1.77. The molecule has 1 atom stereocenters. The molecule has 10 heavy (non-hydrogen) atoms. The van der Waals surface area contributed by atoms with Gasteiger partial charge in [-0.2, -0.15) is 0 Å². The molecule has 0 N–H and O–H groups in total. The van der Waals surface area contributed by atoms with Gasteiger partial charge in [-0.3, -0.25) is 0 Å². The molecule has 0 aliphatic heterocycles. The van der Waals surface area contributed by atoms with Crippen molar-refractivity contribution in [2.45, 2.75) is 26.4 Å². The molecule has 0 amide bonds. The van der Waals surface area contributed by atoms with Gasteiger partial charge >= 0.3 is 6.16 Å². The molecular formula is C7H13O3. The SMILES string of the molecule is [CH2]C(C)OC(=O)OCCC. The highest BCUT2D eigenvalue weighted by Crippen LogP contribution is 1.92. The van der Waals surface area contributed by atoms with Gasteiger partial charge in [-0.05, 0) is 20.3 Å². The first-order chi connectivity index (χ1) is 4.66. The van der Waals surface area contributed by atoms with E-state index in [0.717, 1.165) is 6.42 Å². The van der Waals surface area contributed by atoms with E-state index in [4.69, 9.17) is 0 Å². The predicted molar refractivity (Wildman–Crippen MR) is 37.5 cm³/mol. The van der Waals surface area contributed by atoms with E-state index in [0.29, 0.717) is 6.61 Å². The lowest BCUT2D eigenvalue weighted by Crippen LogP contribution is -2.13. The van der Waals surface area contributed by atoms with Crippen molar-refractivity contribution in [3.05, 3.63) is 6.92 Å². The molecule has 0 aromatic heterocycles. The Morgan fingerprint density at radius 1 is 1.70 bits per heavy atom. The molecule has 0 fully saturated rings. The van der Waals surface area contributed by atoms with Gasteiger partial charge in [0.2, 0.25) is 0 Å². The first-order valence-corrected chi connectivity index (χ1v) is 3.33. The van der Waals surface area contributed by atoms with Crippen LogP contribution in [0.25, 0.3) is 0 Å². The van der Waals surface area contributed by atoms with E-state index in [9.17, 15) is 4.79 Å². The van der Waals surface area contributed by atoms with Crippen LogP contribution in [0.5, 0.6) is 0 Å². The van der Waals surface area contributed by atoms with E-state index in [1.807, 2.05) is 6.92 Å². The normalized spacial score (nSPS) is 9.60. The third kappa shape index (κ3) is 5.41. The van der Waals surface area contributed by atoms with E-state index in [2.05, 4.69) is 16.4 Å². The minimum absolute atomic E-state index is 0.343. The van der Waals surface area contributed by atoms with Gasteiger partial charge in [0.05, 0.1) is 6.61 Å². The molecule has 0 aromatic rings. The topological polar surface area (TPSA) is 35.5 Å². The third-order valence-corrected chi connectivity index (χ3v) is 0.721. The molecule has 1 radical (unpaired) electrons. The second-order valence-corrected chi connectivity index (χ2v) is 2.03. The van der Waals surface area contributed by atoms with Crippen molar-refractivity contribution in [3.63, 3.8) is 0 Å². The van der Waals surface area contributed by atoms with Crippen LogP contribution >= 0.6 is 0 Å². The van der Waals surface area contributed by atoms with Gasteiger partial charge in [-0.15, -0.1) is 0 Å². The van der Waals surface area contributed by atoms with Gasteiger partial charge in [0, 0.05) is 0 Å². The van der Waals surface area contributed by atoms with Crippen molar-refractivity contribution in [1.82, 2.24) is 0 Å². The Hall–Kier alpha value is -0.730. The molecule has 0 saturated carbocycles. The summed E-state index contributed by atoms with van der Waals surface area (Å²) < 4.78 is 9.18. The molecule has 0 heterocycles. The Balaban J connectivity index is 3.26. The summed E-state index contributed by atoms with van der Waals surface area (Å²) in [5.74, 6) is 0. The van der Waals surface area contributed by atoms with Crippen LogP contribution in [0, 0.1) is 6.92 Å². The van der Waals surface area contributed by atoms with Gasteiger partial charge in [0.15, 0.2) is 0 Å². The van der Waals surface area contributed by atoms with E-state index in [-0.39, 0.29) is 6.10 Å². The summed E-state index contributed by atoms with van der Waals surface area (Å²) in [7, 11) is 0. The standard InChI is InChI=1S/C7H13O3/c1-4-5-9-7(8)10-6(2)3/h6H,2,4-5H2,1,3H3. The first kappa shape index (κ1) is 9.27. The summed E-state index contributed by atoms with van der Waals surface area (Å²) in [5, 5.41) is 0. The van der Waals surface area contributed by atoms with Crippen LogP contribution in [0.15, 0.2) is 0 Å². The largest absolute Gasteiger partial charge is 0.508 e. The van der Waals surface area contributed by atoms with Gasteiger partial charge in [-0.25, -0.2) is 4.79 Å². The van der Waals surface area contributed by atoms with Crippen LogP contribution in [0.3, 0.4) is 0 Å². The zero-order valence-electron chi connectivity index (χ0n) is 6.42. The molecule has 1 unspecified atom stereocenters. The molecule has 0 aliphatic carbocycles. The second-order valence-electron chi connectivity index (χ2n) is 2.03. The minimum Gasteiger partial charge on any atom is -0.434 e. The maximum absolute atomic E-state index is 10.5. The maximum Gasteiger partial charge on any atom is 0.508 e. The van der Waals surface area contributed by atoms with Crippen molar-refractivity contribution < 1.29 is 14.3 Å². The summed E-state index contributed by atoms with van der Waals surface area (Å²) in [6.45, 7) is 7.46. The molecular weight excluding hydrogens is 132 g/mol. The molecule has 0 saturated heterocycles. The zero-order chi connectivity index (χ0) is 7.98. The fourth-order valence-electron chi connectivity index (χ4n) is 0.384. The molecule has 0 bridgehead atoms. The lowest BCUT2D eigenvalue weighted by atomic mass is 10.5. The van der Waals surface area contributed by atoms with Crippen molar-refractivity contribution in [2.24, 2.45) is 0 Å². The van der Waals surface area contributed by atoms with Gasteiger partial charge in [0.25, 0.3) is 0 Å². The van der Waals surface area contributed by atoms with Crippen LogP contribution in [-0.2, 0) is 9.47 Å². The lowest BCUT2D eigenvalue weighted by molar-refractivity contribution is 0.0414. The number of hydrogen-bond acceptors (Lipinski definition) is 3. The quantitative estimate of drug-likeness (QED) is 0.568. The van der Waals surface area contributed by atoms with Crippen molar-refractivity contribution in [2.75, 3.05) is 6.61 Å². The van der Waals surface area contributed by atoms with Crippen LogP contribution in [-0.4, -0.2) is 18.9 Å². The summed E-state index contributed by atoms with van der Waals surface area (Å²) in [6.07, 6.45) is -0.172. The number of carbonyl (C=O) groups is 1. The second kappa shape index (κ2) is 5.09. The molecule has 3 heteroatoms. The van der Waals surface area contributed by atoms with Crippen LogP contribution < -0.4 is 0 Å². The summed E-state index contributed by atoms with van der Waals surface area (Å²) in [6, 6.07) is 0. The highest BCUT2D eigenvalue weighted by molar-refractivity contribution is 5.60. The number of rotatable bonds is 3. The number of hydrogen-bond donors (Lipinski definition) is 0. The van der Waals surface area contributed by atoms with Crippen LogP contribution in [0.2, 0.25) is 0 Å². The summed E-state index contributed by atoms with van der Waals surface area (Å²) in [5.41, 5.74) is 0. The van der Waals surface area contributed by atoms with Gasteiger partial charge in [0.1, 0.15) is 6.10 Å². The molecule has 3 nitrogen and oxygen atoms in total. The summed E-state index contributed by atoms with van der Waals surface area (Å²) >= 11 is 0. The molecule has 59 valence electrons. The monoisotopic (exact) mass is 145 g/mol. The Kier molecular flexibility index (Phi) is 4.72. The van der Waals surface area contributed by atoms with Crippen LogP contribution in [0.4, 0.5) is 4.79 Å². The Labute approximate surface area is 61.3 Å². The Bertz CT molecular complexity index is 99.0. The summed E-state index contributed by atoms with van der Waals surface area (Å²) in [4.78, 5) is 10.5. The van der Waals surface area contributed by atoms with E-state index < -0.39 is 6.16 Å². The fraction of sp³-hybridized carbons (Fsp3) is 0.714. The first-order valence-electron chi connectivity index (χ1n) is 3.33. The highest BCUT2D eigenvalue weighted by Gasteiger charge is 2.04. The van der Waals surface area contributed by atoms with E-state index >= 15 is 0 Å². The number of carbonyl (C=O) groups excluding carboxylic acids is 1. The van der Waals surface area contributed by atoms with Crippen molar-refractivity contribution in [3.8, 4) is 0 Å². The molecule has 0 spiro atoms.